The Hall–Kier alpha value is -2.36. The molecule has 1 amide bonds. The predicted octanol–water partition coefficient (Wildman–Crippen LogP) is 4.04. The van der Waals surface area contributed by atoms with E-state index < -0.39 is 0 Å². The Kier molecular flexibility index (Phi) is 3.97. The molecule has 1 N–H and O–H groups in total. The second-order valence-electron chi connectivity index (χ2n) is 7.08. The van der Waals surface area contributed by atoms with E-state index in [1.54, 1.807) is 0 Å². The summed E-state index contributed by atoms with van der Waals surface area (Å²) in [5.74, 6) is 0.0818. The lowest BCUT2D eigenvalue weighted by molar-refractivity contribution is 0.0479. The Morgan fingerprint density at radius 2 is 2.04 bits per heavy atom. The van der Waals surface area contributed by atoms with Crippen LogP contribution in [0.5, 0.6) is 0 Å². The summed E-state index contributed by atoms with van der Waals surface area (Å²) >= 11 is 0. The van der Waals surface area contributed by atoms with Crippen LogP contribution in [0.2, 0.25) is 0 Å². The number of nitrogens with one attached hydrogen (secondary N) is 1. The van der Waals surface area contributed by atoms with Crippen molar-refractivity contribution >= 4 is 5.91 Å². The van der Waals surface area contributed by atoms with Gasteiger partial charge in [0, 0.05) is 18.7 Å². The predicted molar refractivity (Wildman–Crippen MR) is 94.6 cm³/mol. The van der Waals surface area contributed by atoms with Gasteiger partial charge in [0.25, 0.3) is 5.91 Å². The summed E-state index contributed by atoms with van der Waals surface area (Å²) in [5.41, 5.74) is 2.74. The summed E-state index contributed by atoms with van der Waals surface area (Å²) in [4.78, 5) is 14.9. The zero-order valence-corrected chi connectivity index (χ0v) is 13.9. The van der Waals surface area contributed by atoms with Gasteiger partial charge in [0.1, 0.15) is 5.69 Å². The molecule has 0 unspecified atom stereocenters. The number of H-pyrrole nitrogens is 1. The largest absolute Gasteiger partial charge is 0.337 e. The first-order valence-electron chi connectivity index (χ1n) is 8.81. The van der Waals surface area contributed by atoms with E-state index >= 15 is 0 Å². The molecule has 0 radical (unpaired) electrons. The molecule has 4 heteroatoms. The first-order chi connectivity index (χ1) is 11.8. The Bertz CT molecular complexity index is 749. The normalized spacial score (nSPS) is 23.6. The third kappa shape index (κ3) is 2.88. The van der Waals surface area contributed by atoms with Crippen LogP contribution in [-0.4, -0.2) is 34.1 Å². The number of allylic oxidation sites excluding steroid dienone is 2. The highest BCUT2D eigenvalue weighted by Crippen LogP contribution is 2.41. The van der Waals surface area contributed by atoms with Gasteiger partial charge in [0.05, 0.1) is 5.69 Å². The second-order valence-corrected chi connectivity index (χ2v) is 7.08. The molecule has 4 nitrogen and oxygen atoms in total. The molecule has 1 aromatic carbocycles. The molecule has 0 saturated carbocycles. The van der Waals surface area contributed by atoms with E-state index in [-0.39, 0.29) is 5.91 Å². The van der Waals surface area contributed by atoms with Crippen LogP contribution in [0.3, 0.4) is 0 Å². The molecule has 0 bridgehead atoms. The van der Waals surface area contributed by atoms with E-state index in [2.05, 4.69) is 22.3 Å². The number of aromatic amines is 1. The van der Waals surface area contributed by atoms with Crippen LogP contribution < -0.4 is 0 Å². The van der Waals surface area contributed by atoms with Gasteiger partial charge < -0.3 is 4.90 Å². The molecule has 4 rings (SSSR count). The molecule has 124 valence electrons. The van der Waals surface area contributed by atoms with Crippen LogP contribution in [0.25, 0.3) is 11.3 Å². The number of hydrogen-bond donors (Lipinski definition) is 1. The average Bonchev–Trinajstić information content (AvgIpc) is 3.13. The molecule has 2 heterocycles. The van der Waals surface area contributed by atoms with Crippen molar-refractivity contribution in [3.63, 3.8) is 0 Å². The van der Waals surface area contributed by atoms with Crippen molar-refractivity contribution in [2.75, 3.05) is 13.1 Å². The highest BCUT2D eigenvalue weighted by atomic mass is 16.2. The molecular weight excluding hydrogens is 298 g/mol. The van der Waals surface area contributed by atoms with Crippen molar-refractivity contribution in [1.29, 1.82) is 0 Å². The van der Waals surface area contributed by atoms with Gasteiger partial charge in [-0.15, -0.1) is 0 Å². The number of likely N-dealkylation sites (tertiary alicyclic amines) is 1. The minimum absolute atomic E-state index is 0.0818. The Morgan fingerprint density at radius 1 is 1.17 bits per heavy atom. The lowest BCUT2D eigenvalue weighted by atomic mass is 9.71. The number of hydrogen-bond acceptors (Lipinski definition) is 2. The topological polar surface area (TPSA) is 49.0 Å². The van der Waals surface area contributed by atoms with Crippen molar-refractivity contribution in [1.82, 2.24) is 15.1 Å². The molecule has 2 aromatic rings. The number of carbonyl (C=O) groups excluding carboxylic acids is 1. The fourth-order valence-corrected chi connectivity index (χ4v) is 4.05. The van der Waals surface area contributed by atoms with Crippen molar-refractivity contribution in [2.45, 2.75) is 32.1 Å². The molecule has 2 aliphatic rings. The Balaban J connectivity index is 1.51. The summed E-state index contributed by atoms with van der Waals surface area (Å²) in [5, 5.41) is 7.26. The molecule has 1 aromatic heterocycles. The van der Waals surface area contributed by atoms with Crippen LogP contribution in [-0.2, 0) is 0 Å². The van der Waals surface area contributed by atoms with Gasteiger partial charge in [-0.05, 0) is 43.6 Å². The second kappa shape index (κ2) is 6.27. The molecule has 1 spiro atoms. The van der Waals surface area contributed by atoms with Gasteiger partial charge in [-0.3, -0.25) is 9.89 Å². The van der Waals surface area contributed by atoms with Crippen molar-refractivity contribution < 1.29 is 4.79 Å². The SMILES string of the molecule is O=C(c1cc(-c2ccccc2)n[nH]1)N1CCC[C@@]2(CC=CCC2)C1. The van der Waals surface area contributed by atoms with Crippen LogP contribution in [0.15, 0.2) is 48.6 Å². The zero-order valence-electron chi connectivity index (χ0n) is 13.9. The molecule has 1 aliphatic heterocycles. The summed E-state index contributed by atoms with van der Waals surface area (Å²) in [6, 6.07) is 11.8. The number of benzene rings is 1. The summed E-state index contributed by atoms with van der Waals surface area (Å²) in [6.45, 7) is 1.72. The maximum atomic E-state index is 12.9. The summed E-state index contributed by atoms with van der Waals surface area (Å²) in [6.07, 6.45) is 10.3. The van der Waals surface area contributed by atoms with E-state index in [9.17, 15) is 4.79 Å². The van der Waals surface area contributed by atoms with E-state index in [4.69, 9.17) is 0 Å². The maximum Gasteiger partial charge on any atom is 0.271 e. The van der Waals surface area contributed by atoms with Gasteiger partial charge in [-0.1, -0.05) is 42.5 Å². The summed E-state index contributed by atoms with van der Waals surface area (Å²) in [7, 11) is 0. The number of carbonyl (C=O) groups is 1. The monoisotopic (exact) mass is 321 g/mol. The number of piperidine rings is 1. The highest BCUT2D eigenvalue weighted by Gasteiger charge is 2.37. The van der Waals surface area contributed by atoms with E-state index in [1.165, 1.54) is 12.8 Å². The molecule has 24 heavy (non-hydrogen) atoms. The van der Waals surface area contributed by atoms with Crippen molar-refractivity contribution in [3.05, 3.63) is 54.2 Å². The number of rotatable bonds is 2. The molecule has 1 saturated heterocycles. The Labute approximate surface area is 142 Å². The lowest BCUT2D eigenvalue weighted by Gasteiger charge is -2.43. The highest BCUT2D eigenvalue weighted by molar-refractivity contribution is 5.93. The molecular formula is C20H23N3O. The van der Waals surface area contributed by atoms with E-state index in [0.717, 1.165) is 43.6 Å². The number of aromatic nitrogens is 2. The first kappa shape index (κ1) is 15.2. The van der Waals surface area contributed by atoms with Gasteiger partial charge >= 0.3 is 0 Å². The smallest absolute Gasteiger partial charge is 0.271 e. The van der Waals surface area contributed by atoms with E-state index in [0.29, 0.717) is 11.1 Å². The third-order valence-electron chi connectivity index (χ3n) is 5.39. The van der Waals surface area contributed by atoms with Gasteiger partial charge in [0.2, 0.25) is 0 Å². The van der Waals surface area contributed by atoms with Gasteiger partial charge in [-0.25, -0.2) is 0 Å². The van der Waals surface area contributed by atoms with Crippen LogP contribution >= 0.6 is 0 Å². The number of nitrogens with zero attached hydrogens (tertiary/aromatic N) is 2. The zero-order chi connectivity index (χ0) is 16.4. The van der Waals surface area contributed by atoms with Gasteiger partial charge in [0.15, 0.2) is 0 Å². The standard InChI is InChI=1S/C20H23N3O/c24-19(18-14-17(21-22-18)16-8-3-1-4-9-16)23-13-7-12-20(15-23)10-5-2-6-11-20/h1-5,8-9,14H,6-7,10-13,15H2,(H,21,22)/t20-/m0/s1. The number of amides is 1. The lowest BCUT2D eigenvalue weighted by Crippen LogP contribution is -2.46. The minimum Gasteiger partial charge on any atom is -0.337 e. The quantitative estimate of drug-likeness (QED) is 0.849. The van der Waals surface area contributed by atoms with Crippen molar-refractivity contribution in [3.8, 4) is 11.3 Å². The minimum atomic E-state index is 0.0818. The fraction of sp³-hybridized carbons (Fsp3) is 0.400. The maximum absolute atomic E-state index is 12.9. The van der Waals surface area contributed by atoms with Crippen LogP contribution in [0, 0.1) is 5.41 Å². The average molecular weight is 321 g/mol. The van der Waals surface area contributed by atoms with Gasteiger partial charge in [-0.2, -0.15) is 5.10 Å². The third-order valence-corrected chi connectivity index (χ3v) is 5.39. The molecule has 1 fully saturated rings. The van der Waals surface area contributed by atoms with Crippen LogP contribution in [0.1, 0.15) is 42.6 Å². The first-order valence-corrected chi connectivity index (χ1v) is 8.81. The fourth-order valence-electron chi connectivity index (χ4n) is 4.05. The Morgan fingerprint density at radius 3 is 2.83 bits per heavy atom. The molecule has 1 aliphatic carbocycles. The van der Waals surface area contributed by atoms with Crippen LogP contribution in [0.4, 0.5) is 0 Å². The summed E-state index contributed by atoms with van der Waals surface area (Å²) < 4.78 is 0. The molecule has 1 atom stereocenters. The van der Waals surface area contributed by atoms with Crippen molar-refractivity contribution in [2.24, 2.45) is 5.41 Å². The van der Waals surface area contributed by atoms with E-state index in [1.807, 2.05) is 41.3 Å².